The van der Waals surface area contributed by atoms with Crippen molar-refractivity contribution in [2.75, 3.05) is 0 Å². The van der Waals surface area contributed by atoms with Gasteiger partial charge in [-0.1, -0.05) is 0 Å². The van der Waals surface area contributed by atoms with E-state index in [-0.39, 0.29) is 5.78 Å². The Bertz CT molecular complexity index is 1700. The van der Waals surface area contributed by atoms with Gasteiger partial charge in [-0.25, -0.2) is 0 Å². The van der Waals surface area contributed by atoms with Crippen molar-refractivity contribution in [3.63, 3.8) is 0 Å². The van der Waals surface area contributed by atoms with Crippen molar-refractivity contribution in [1.82, 2.24) is 0 Å². The summed E-state index contributed by atoms with van der Waals surface area (Å²) in [5.74, 6) is 3.00. The first-order valence-electron chi connectivity index (χ1n) is 13.5. The van der Waals surface area contributed by atoms with Crippen LogP contribution in [0, 0.1) is 0 Å². The zero-order chi connectivity index (χ0) is 28.9. The van der Waals surface area contributed by atoms with E-state index in [0.29, 0.717) is 11.1 Å². The third-order valence-corrected chi connectivity index (χ3v) is 8.82. The van der Waals surface area contributed by atoms with Crippen LogP contribution in [0.25, 0.3) is 22.3 Å². The Labute approximate surface area is 263 Å². The molecular formula is C37H28As2O3. The molecule has 0 heterocycles. The quantitative estimate of drug-likeness (QED) is 0.140. The van der Waals surface area contributed by atoms with Crippen LogP contribution < -0.4 is 18.2 Å². The van der Waals surface area contributed by atoms with Gasteiger partial charge in [0.25, 0.3) is 0 Å². The summed E-state index contributed by atoms with van der Waals surface area (Å²) in [6.45, 7) is 0. The number of carbonyl (C=O) groups is 1. The fourth-order valence-electron chi connectivity index (χ4n) is 4.68. The first-order valence-corrected chi connectivity index (χ1v) is 16.0. The molecule has 0 saturated heterocycles. The van der Waals surface area contributed by atoms with Gasteiger partial charge in [0, 0.05) is 0 Å². The molecule has 6 aromatic carbocycles. The molecule has 0 aliphatic carbocycles. The van der Waals surface area contributed by atoms with Crippen LogP contribution in [0.15, 0.2) is 146 Å². The molecule has 0 spiro atoms. The molecule has 6 rings (SSSR count). The summed E-state index contributed by atoms with van der Waals surface area (Å²) in [6, 6.07) is 47.9. The number of ether oxygens (including phenoxy) is 2. The molecule has 2 unspecified atom stereocenters. The normalized spacial score (nSPS) is 10.7. The van der Waals surface area contributed by atoms with Gasteiger partial charge in [-0.3, -0.25) is 0 Å². The second-order valence-electron chi connectivity index (χ2n) is 9.82. The predicted molar refractivity (Wildman–Crippen MR) is 177 cm³/mol. The SMILES string of the molecule is O=C(c1ccc(Oc2ccc(-c3ccccc3)cc2)c([AsH2])c1)c1ccc(Oc2ccc(-c3ccccc3)cc2)c([AsH2])c1. The Balaban J connectivity index is 1.12. The molecule has 42 heavy (non-hydrogen) atoms. The summed E-state index contributed by atoms with van der Waals surface area (Å²) >= 11 is 2.83. The summed E-state index contributed by atoms with van der Waals surface area (Å²) in [5.41, 5.74) is 5.88. The van der Waals surface area contributed by atoms with Crippen molar-refractivity contribution in [2.24, 2.45) is 0 Å². The maximum absolute atomic E-state index is 13.4. The second-order valence-corrected chi connectivity index (χ2v) is 12.4. The molecule has 204 valence electrons. The topological polar surface area (TPSA) is 35.5 Å². The van der Waals surface area contributed by atoms with Crippen molar-refractivity contribution in [3.8, 4) is 45.3 Å². The standard InChI is InChI=1S/C37H28As2O3/c38-33-23-29(15-21-35(33)41-31-17-11-27(12-18-31)25-7-3-1-4-8-25)37(40)30-16-22-36(34(39)24-30)42-32-19-13-28(14-20-32)26-9-5-2-6-10-26/h1-24H,38-39H2. The van der Waals surface area contributed by atoms with Crippen molar-refractivity contribution in [2.45, 2.75) is 0 Å². The molecule has 0 fully saturated rings. The average molecular weight is 670 g/mol. The van der Waals surface area contributed by atoms with E-state index in [9.17, 15) is 4.79 Å². The zero-order valence-electron chi connectivity index (χ0n) is 22.7. The fourth-order valence-corrected chi connectivity index (χ4v) is 6.08. The Morgan fingerprint density at radius 1 is 0.429 bits per heavy atom. The van der Waals surface area contributed by atoms with Gasteiger partial charge in [0.15, 0.2) is 0 Å². The number of ketones is 1. The third kappa shape index (κ3) is 6.44. The Kier molecular flexibility index (Phi) is 8.42. The van der Waals surface area contributed by atoms with E-state index in [1.807, 2.05) is 97.1 Å². The minimum absolute atomic E-state index is 0.0228. The van der Waals surface area contributed by atoms with Gasteiger partial charge in [0.2, 0.25) is 0 Å². The molecule has 0 amide bonds. The van der Waals surface area contributed by atoms with Gasteiger partial charge in [-0.05, 0) is 0 Å². The van der Waals surface area contributed by atoms with E-state index >= 15 is 0 Å². The van der Waals surface area contributed by atoms with Crippen LogP contribution in [0.3, 0.4) is 0 Å². The van der Waals surface area contributed by atoms with E-state index in [4.69, 9.17) is 9.47 Å². The number of rotatable bonds is 8. The predicted octanol–water partition coefficient (Wildman–Crippen LogP) is 6.35. The van der Waals surface area contributed by atoms with Gasteiger partial charge in [-0.2, -0.15) is 0 Å². The average Bonchev–Trinajstić information content (AvgIpc) is 3.04. The number of carbonyl (C=O) groups excluding carboxylic acids is 1. The molecule has 0 N–H and O–H groups in total. The van der Waals surface area contributed by atoms with Gasteiger partial charge in [-0.15, -0.1) is 0 Å². The number of hydrogen-bond donors (Lipinski definition) is 0. The van der Waals surface area contributed by atoms with Crippen molar-refractivity contribution in [3.05, 3.63) is 157 Å². The summed E-state index contributed by atoms with van der Waals surface area (Å²) in [6.07, 6.45) is 0. The molecular weight excluding hydrogens is 642 g/mol. The monoisotopic (exact) mass is 670 g/mol. The van der Waals surface area contributed by atoms with Gasteiger partial charge in [0.05, 0.1) is 0 Å². The van der Waals surface area contributed by atoms with Crippen LogP contribution in [0.4, 0.5) is 0 Å². The van der Waals surface area contributed by atoms with Crippen LogP contribution in [0.5, 0.6) is 23.0 Å². The summed E-state index contributed by atoms with van der Waals surface area (Å²) in [7, 11) is 0. The summed E-state index contributed by atoms with van der Waals surface area (Å²) in [4.78, 5) is 13.4. The van der Waals surface area contributed by atoms with Crippen molar-refractivity contribution in [1.29, 1.82) is 0 Å². The van der Waals surface area contributed by atoms with Crippen LogP contribution in [-0.2, 0) is 0 Å². The number of benzene rings is 6. The first kappa shape index (κ1) is 27.9. The molecule has 5 heteroatoms. The van der Waals surface area contributed by atoms with E-state index < -0.39 is 0 Å². The van der Waals surface area contributed by atoms with Gasteiger partial charge < -0.3 is 0 Å². The first-order chi connectivity index (χ1) is 20.5. The molecule has 2 atom stereocenters. The molecule has 0 aliphatic rings. The van der Waals surface area contributed by atoms with Gasteiger partial charge in [0.1, 0.15) is 0 Å². The second kappa shape index (κ2) is 12.7. The van der Waals surface area contributed by atoms with E-state index in [1.54, 1.807) is 0 Å². The van der Waals surface area contributed by atoms with E-state index in [1.165, 1.54) is 44.8 Å². The van der Waals surface area contributed by atoms with E-state index in [0.717, 1.165) is 42.8 Å². The zero-order valence-corrected chi connectivity index (χ0v) is 27.6. The van der Waals surface area contributed by atoms with Crippen LogP contribution >= 0.6 is 0 Å². The van der Waals surface area contributed by atoms with E-state index in [2.05, 4.69) is 48.5 Å². The van der Waals surface area contributed by atoms with Crippen LogP contribution in [-0.4, -0.2) is 39.5 Å². The van der Waals surface area contributed by atoms with Crippen molar-refractivity contribution >= 4 is 48.2 Å². The Hall–Kier alpha value is -4.29. The van der Waals surface area contributed by atoms with Crippen LogP contribution in [0.2, 0.25) is 0 Å². The third-order valence-electron chi connectivity index (χ3n) is 6.92. The molecule has 6 aromatic rings. The minimum atomic E-state index is -0.0228. The molecule has 0 saturated carbocycles. The molecule has 0 bridgehead atoms. The van der Waals surface area contributed by atoms with Crippen LogP contribution in [0.1, 0.15) is 15.9 Å². The summed E-state index contributed by atoms with van der Waals surface area (Å²) in [5, 5.41) is 0. The molecule has 0 aliphatic heterocycles. The fraction of sp³-hybridized carbons (Fsp3) is 0. The Morgan fingerprint density at radius 2 is 0.786 bits per heavy atom. The van der Waals surface area contributed by atoms with Gasteiger partial charge >= 0.3 is 264 Å². The molecule has 3 nitrogen and oxygen atoms in total. The summed E-state index contributed by atoms with van der Waals surface area (Å²) < 4.78 is 14.2. The number of hydrogen-bond acceptors (Lipinski definition) is 3. The molecule has 0 aromatic heterocycles. The molecule has 0 radical (unpaired) electrons. The maximum atomic E-state index is 13.4. The Morgan fingerprint density at radius 3 is 1.14 bits per heavy atom. The van der Waals surface area contributed by atoms with Crippen molar-refractivity contribution < 1.29 is 14.3 Å².